The number of nitrogens with one attached hydrogen (secondary N) is 1. The van der Waals surface area contributed by atoms with E-state index in [2.05, 4.69) is 31.1 Å². The Morgan fingerprint density at radius 1 is 1.05 bits per heavy atom. The lowest BCUT2D eigenvalue weighted by atomic mass is 9.81. The van der Waals surface area contributed by atoms with Crippen LogP contribution >= 0.6 is 0 Å². The van der Waals surface area contributed by atoms with Gasteiger partial charge in [0.1, 0.15) is 0 Å². The van der Waals surface area contributed by atoms with E-state index in [9.17, 15) is 0 Å². The molecule has 0 aromatic heterocycles. The summed E-state index contributed by atoms with van der Waals surface area (Å²) in [5.41, 5.74) is 0.496. The van der Waals surface area contributed by atoms with Gasteiger partial charge in [-0.2, -0.15) is 0 Å². The average Bonchev–Trinajstić information content (AvgIpc) is 3.08. The van der Waals surface area contributed by atoms with Crippen LogP contribution in [-0.2, 0) is 0 Å². The minimum absolute atomic E-state index is 0.496. The van der Waals surface area contributed by atoms with Gasteiger partial charge in [-0.05, 0) is 63.5 Å². The van der Waals surface area contributed by atoms with Crippen LogP contribution in [0.15, 0.2) is 0 Å². The van der Waals surface area contributed by atoms with Crippen molar-refractivity contribution in [2.75, 3.05) is 26.7 Å². The Morgan fingerprint density at radius 2 is 1.74 bits per heavy atom. The first-order valence-corrected chi connectivity index (χ1v) is 8.63. The fourth-order valence-electron chi connectivity index (χ4n) is 4.51. The van der Waals surface area contributed by atoms with Crippen LogP contribution in [0.1, 0.15) is 65.2 Å². The second kappa shape index (κ2) is 7.08. The topological polar surface area (TPSA) is 15.3 Å². The average molecular weight is 266 g/mol. The van der Waals surface area contributed by atoms with E-state index >= 15 is 0 Å². The van der Waals surface area contributed by atoms with Crippen LogP contribution in [0.3, 0.4) is 0 Å². The van der Waals surface area contributed by atoms with Gasteiger partial charge in [0, 0.05) is 19.1 Å². The van der Waals surface area contributed by atoms with Gasteiger partial charge >= 0.3 is 0 Å². The largest absolute Gasteiger partial charge is 0.319 e. The third-order valence-corrected chi connectivity index (χ3v) is 5.95. The fraction of sp³-hybridized carbons (Fsp3) is 1.00. The lowest BCUT2D eigenvalue weighted by Crippen LogP contribution is -2.46. The van der Waals surface area contributed by atoms with E-state index in [0.717, 1.165) is 12.0 Å². The lowest BCUT2D eigenvalue weighted by molar-refractivity contribution is 0.102. The summed E-state index contributed by atoms with van der Waals surface area (Å²) < 4.78 is 0. The summed E-state index contributed by atoms with van der Waals surface area (Å²) in [5.74, 6) is 1.02. The molecule has 0 spiro atoms. The van der Waals surface area contributed by atoms with Crippen LogP contribution in [0, 0.1) is 11.3 Å². The quantitative estimate of drug-likeness (QED) is 0.756. The van der Waals surface area contributed by atoms with Crippen LogP contribution in [0.4, 0.5) is 0 Å². The maximum absolute atomic E-state index is 3.44. The van der Waals surface area contributed by atoms with Crippen molar-refractivity contribution < 1.29 is 0 Å². The Labute approximate surface area is 120 Å². The van der Waals surface area contributed by atoms with E-state index in [0.29, 0.717) is 5.41 Å². The molecule has 1 saturated heterocycles. The van der Waals surface area contributed by atoms with Gasteiger partial charge in [0.25, 0.3) is 0 Å². The zero-order valence-electron chi connectivity index (χ0n) is 13.4. The van der Waals surface area contributed by atoms with Crippen LogP contribution in [-0.4, -0.2) is 37.6 Å². The molecule has 19 heavy (non-hydrogen) atoms. The smallest absolute Gasteiger partial charge is 0.0124 e. The van der Waals surface area contributed by atoms with E-state index < -0.39 is 0 Å². The first-order chi connectivity index (χ1) is 9.24. The first kappa shape index (κ1) is 15.3. The van der Waals surface area contributed by atoms with Crippen molar-refractivity contribution in [2.45, 2.75) is 71.3 Å². The molecule has 2 nitrogen and oxygen atoms in total. The minimum Gasteiger partial charge on any atom is -0.319 e. The van der Waals surface area contributed by atoms with Crippen LogP contribution in [0.2, 0.25) is 0 Å². The van der Waals surface area contributed by atoms with Crippen molar-refractivity contribution in [3.63, 3.8) is 0 Å². The van der Waals surface area contributed by atoms with Crippen molar-refractivity contribution in [2.24, 2.45) is 11.3 Å². The van der Waals surface area contributed by atoms with Gasteiger partial charge in [0.15, 0.2) is 0 Å². The van der Waals surface area contributed by atoms with Gasteiger partial charge in [-0.15, -0.1) is 0 Å². The zero-order valence-corrected chi connectivity index (χ0v) is 13.4. The Hall–Kier alpha value is -0.0800. The van der Waals surface area contributed by atoms with Crippen LogP contribution < -0.4 is 5.32 Å². The molecule has 1 heterocycles. The van der Waals surface area contributed by atoms with Crippen LogP contribution in [0.5, 0.6) is 0 Å². The second-order valence-corrected chi connectivity index (χ2v) is 6.96. The fourth-order valence-corrected chi connectivity index (χ4v) is 4.51. The summed E-state index contributed by atoms with van der Waals surface area (Å²) in [6.45, 7) is 8.60. The molecule has 1 N–H and O–H groups in total. The molecule has 1 atom stereocenters. The number of likely N-dealkylation sites (tertiary alicyclic amines) is 1. The van der Waals surface area contributed by atoms with Crippen molar-refractivity contribution >= 4 is 0 Å². The van der Waals surface area contributed by atoms with Crippen molar-refractivity contribution in [1.29, 1.82) is 0 Å². The Balaban J connectivity index is 1.98. The SMILES string of the molecule is CCC(CC)(CNC)CN1CCCC1C1CCCC1. The predicted molar refractivity (Wildman–Crippen MR) is 83.5 cm³/mol. The maximum atomic E-state index is 3.44. The molecular weight excluding hydrogens is 232 g/mol. The number of rotatable bonds is 7. The van der Waals surface area contributed by atoms with E-state index in [4.69, 9.17) is 0 Å². The molecule has 0 amide bonds. The molecule has 2 rings (SSSR count). The molecule has 2 aliphatic rings. The van der Waals surface area contributed by atoms with Gasteiger partial charge in [0.2, 0.25) is 0 Å². The summed E-state index contributed by atoms with van der Waals surface area (Å²) in [4.78, 5) is 2.86. The number of hydrogen-bond acceptors (Lipinski definition) is 2. The monoisotopic (exact) mass is 266 g/mol. The van der Waals surface area contributed by atoms with Crippen molar-refractivity contribution in [3.8, 4) is 0 Å². The van der Waals surface area contributed by atoms with E-state index in [-0.39, 0.29) is 0 Å². The Morgan fingerprint density at radius 3 is 2.32 bits per heavy atom. The van der Waals surface area contributed by atoms with E-state index in [1.165, 1.54) is 71.0 Å². The highest BCUT2D eigenvalue weighted by Crippen LogP contribution is 2.38. The van der Waals surface area contributed by atoms with Gasteiger partial charge in [-0.25, -0.2) is 0 Å². The third kappa shape index (κ3) is 3.52. The molecule has 0 aromatic rings. The minimum atomic E-state index is 0.496. The Kier molecular flexibility index (Phi) is 5.70. The predicted octanol–water partition coefficient (Wildman–Crippen LogP) is 3.67. The van der Waals surface area contributed by atoms with Gasteiger partial charge in [-0.1, -0.05) is 26.7 Å². The summed E-state index contributed by atoms with van der Waals surface area (Å²) in [6.07, 6.45) is 11.5. The van der Waals surface area contributed by atoms with Gasteiger partial charge < -0.3 is 5.32 Å². The maximum Gasteiger partial charge on any atom is 0.0124 e. The van der Waals surface area contributed by atoms with E-state index in [1.807, 2.05) is 0 Å². The molecular formula is C17H34N2. The molecule has 2 fully saturated rings. The highest BCUT2D eigenvalue weighted by Gasteiger charge is 2.37. The number of nitrogens with zero attached hydrogens (tertiary/aromatic N) is 1. The van der Waals surface area contributed by atoms with Crippen LogP contribution in [0.25, 0.3) is 0 Å². The Bertz CT molecular complexity index is 254. The highest BCUT2D eigenvalue weighted by molar-refractivity contribution is 4.92. The molecule has 2 heteroatoms. The molecule has 1 aliphatic heterocycles. The normalized spacial score (nSPS) is 26.4. The van der Waals surface area contributed by atoms with E-state index in [1.54, 1.807) is 0 Å². The van der Waals surface area contributed by atoms with Gasteiger partial charge in [0.05, 0.1) is 0 Å². The highest BCUT2D eigenvalue weighted by atomic mass is 15.2. The summed E-state index contributed by atoms with van der Waals surface area (Å²) >= 11 is 0. The second-order valence-electron chi connectivity index (χ2n) is 6.96. The molecule has 0 aromatic carbocycles. The molecule has 0 radical (unpaired) electrons. The molecule has 1 saturated carbocycles. The summed E-state index contributed by atoms with van der Waals surface area (Å²) in [7, 11) is 2.11. The third-order valence-electron chi connectivity index (χ3n) is 5.95. The van der Waals surface area contributed by atoms with Crippen molar-refractivity contribution in [1.82, 2.24) is 10.2 Å². The number of hydrogen-bond donors (Lipinski definition) is 1. The van der Waals surface area contributed by atoms with Crippen molar-refractivity contribution in [3.05, 3.63) is 0 Å². The zero-order chi connectivity index (χ0) is 13.7. The summed E-state index contributed by atoms with van der Waals surface area (Å²) in [6, 6.07) is 0.914. The van der Waals surface area contributed by atoms with Gasteiger partial charge in [-0.3, -0.25) is 4.90 Å². The molecule has 1 aliphatic carbocycles. The lowest BCUT2D eigenvalue weighted by Gasteiger charge is -2.39. The molecule has 112 valence electrons. The summed E-state index contributed by atoms with van der Waals surface area (Å²) in [5, 5.41) is 3.44. The molecule has 1 unspecified atom stereocenters. The standard InChI is InChI=1S/C17H34N2/c1-4-17(5-2,13-18-3)14-19-12-8-11-16(19)15-9-6-7-10-15/h15-16,18H,4-14H2,1-3H3. The molecule has 0 bridgehead atoms. The first-order valence-electron chi connectivity index (χ1n) is 8.63.